The summed E-state index contributed by atoms with van der Waals surface area (Å²) < 4.78 is 0. The highest BCUT2D eigenvalue weighted by Gasteiger charge is 2.38. The normalized spacial score (nSPS) is 18.2. The Bertz CT molecular complexity index is 860. The lowest BCUT2D eigenvalue weighted by atomic mass is 10.1. The predicted octanol–water partition coefficient (Wildman–Crippen LogP) is -2.82. The molecule has 1 aromatic heterocycles. The Balaban J connectivity index is 1.98. The Kier molecular flexibility index (Phi) is 9.30. The fourth-order valence-electron chi connectivity index (χ4n) is 3.47. The summed E-state index contributed by atoms with van der Waals surface area (Å²) in [4.78, 5) is 67.7. The monoisotopic (exact) mass is 468 g/mol. The van der Waals surface area contributed by atoms with Crippen LogP contribution in [-0.4, -0.2) is 97.2 Å². The van der Waals surface area contributed by atoms with Gasteiger partial charge in [0.15, 0.2) is 0 Å². The molecule has 1 aliphatic rings. The highest BCUT2D eigenvalue weighted by Crippen LogP contribution is 2.19. The third kappa shape index (κ3) is 7.25. The molecule has 2 rings (SSSR count). The molecule has 14 heteroatoms. The summed E-state index contributed by atoms with van der Waals surface area (Å²) in [6.45, 7) is -0.564. The Morgan fingerprint density at radius 3 is 2.52 bits per heavy atom. The number of aromatic amines is 1. The first-order chi connectivity index (χ1) is 15.6. The van der Waals surface area contributed by atoms with E-state index < -0.39 is 60.4 Å². The van der Waals surface area contributed by atoms with Crippen molar-refractivity contribution in [3.63, 3.8) is 0 Å². The molecule has 0 bridgehead atoms. The van der Waals surface area contributed by atoms with Crippen LogP contribution >= 0.6 is 0 Å². The molecular formula is C19H28N6O8. The number of imidazole rings is 1. The van der Waals surface area contributed by atoms with Gasteiger partial charge in [0, 0.05) is 31.3 Å². The smallest absolute Gasteiger partial charge is 0.326 e. The number of aromatic nitrogens is 2. The fourth-order valence-corrected chi connectivity index (χ4v) is 3.47. The quantitative estimate of drug-likeness (QED) is 0.166. The maximum Gasteiger partial charge on any atom is 0.326 e. The van der Waals surface area contributed by atoms with Crippen molar-refractivity contribution in [3.05, 3.63) is 18.2 Å². The van der Waals surface area contributed by atoms with E-state index in [0.29, 0.717) is 18.5 Å². The van der Waals surface area contributed by atoms with E-state index in [9.17, 15) is 34.2 Å². The largest absolute Gasteiger partial charge is 0.481 e. The summed E-state index contributed by atoms with van der Waals surface area (Å²) in [6.07, 6.45) is 3.07. The van der Waals surface area contributed by atoms with Gasteiger partial charge in [0.1, 0.15) is 18.1 Å². The van der Waals surface area contributed by atoms with Crippen LogP contribution in [0.4, 0.5) is 0 Å². The maximum atomic E-state index is 12.7. The van der Waals surface area contributed by atoms with Crippen molar-refractivity contribution >= 4 is 29.7 Å². The summed E-state index contributed by atoms with van der Waals surface area (Å²) in [5.74, 6) is -4.61. The van der Waals surface area contributed by atoms with Crippen LogP contribution in [-0.2, 0) is 30.4 Å². The lowest BCUT2D eigenvalue weighted by Crippen LogP contribution is -2.57. The zero-order valence-corrected chi connectivity index (χ0v) is 17.8. The van der Waals surface area contributed by atoms with Crippen molar-refractivity contribution in [2.24, 2.45) is 5.73 Å². The van der Waals surface area contributed by atoms with Gasteiger partial charge in [-0.25, -0.2) is 9.78 Å². The average Bonchev–Trinajstić information content (AvgIpc) is 3.46. The van der Waals surface area contributed by atoms with Crippen LogP contribution in [0.15, 0.2) is 12.5 Å². The first-order valence-corrected chi connectivity index (χ1v) is 10.3. The third-order valence-corrected chi connectivity index (χ3v) is 5.23. The first kappa shape index (κ1) is 25.7. The van der Waals surface area contributed by atoms with Gasteiger partial charge >= 0.3 is 11.9 Å². The lowest BCUT2D eigenvalue weighted by Gasteiger charge is -2.28. The number of nitrogens with one attached hydrogen (secondary N) is 3. The molecule has 4 atom stereocenters. The van der Waals surface area contributed by atoms with Crippen LogP contribution < -0.4 is 16.4 Å². The Morgan fingerprint density at radius 2 is 1.94 bits per heavy atom. The molecule has 0 saturated carbocycles. The summed E-state index contributed by atoms with van der Waals surface area (Å²) >= 11 is 0. The van der Waals surface area contributed by atoms with E-state index in [-0.39, 0.29) is 25.8 Å². The number of carbonyl (C=O) groups excluding carboxylic acids is 3. The van der Waals surface area contributed by atoms with Crippen molar-refractivity contribution in [2.75, 3.05) is 13.2 Å². The molecule has 1 aliphatic heterocycles. The van der Waals surface area contributed by atoms with Gasteiger partial charge in [0.05, 0.1) is 19.0 Å². The van der Waals surface area contributed by atoms with Crippen LogP contribution in [0.5, 0.6) is 0 Å². The number of carboxylic acid groups (broad SMARTS) is 2. The number of aliphatic hydroxyl groups excluding tert-OH is 1. The van der Waals surface area contributed by atoms with Crippen molar-refractivity contribution in [1.82, 2.24) is 25.5 Å². The van der Waals surface area contributed by atoms with Crippen LogP contribution in [0.1, 0.15) is 31.4 Å². The van der Waals surface area contributed by atoms with Crippen LogP contribution in [0.3, 0.4) is 0 Å². The minimum absolute atomic E-state index is 0.0897. The second-order valence-electron chi connectivity index (χ2n) is 7.65. The lowest BCUT2D eigenvalue weighted by molar-refractivity contribution is -0.143. The summed E-state index contributed by atoms with van der Waals surface area (Å²) in [5, 5.41) is 32.3. The molecule has 1 aromatic rings. The van der Waals surface area contributed by atoms with Gasteiger partial charge in [0.25, 0.3) is 0 Å². The molecule has 14 nitrogen and oxygen atoms in total. The van der Waals surface area contributed by atoms with Crippen LogP contribution in [0, 0.1) is 0 Å². The van der Waals surface area contributed by atoms with Crippen molar-refractivity contribution in [3.8, 4) is 0 Å². The van der Waals surface area contributed by atoms with E-state index in [0.717, 1.165) is 0 Å². The topological polar surface area (TPSA) is 228 Å². The minimum atomic E-state index is -1.45. The molecule has 182 valence electrons. The Morgan fingerprint density at radius 1 is 1.21 bits per heavy atom. The molecule has 0 radical (unpaired) electrons. The molecule has 0 spiro atoms. The first-order valence-electron chi connectivity index (χ1n) is 10.3. The van der Waals surface area contributed by atoms with E-state index in [2.05, 4.69) is 20.6 Å². The number of H-pyrrole nitrogens is 1. The fraction of sp³-hybridized carbons (Fsp3) is 0.579. The predicted molar refractivity (Wildman–Crippen MR) is 110 cm³/mol. The summed E-state index contributed by atoms with van der Waals surface area (Å²) in [5.41, 5.74) is 6.23. The Hall–Kier alpha value is -3.52. The number of carbonyl (C=O) groups is 5. The van der Waals surface area contributed by atoms with Crippen molar-refractivity contribution < 1.29 is 39.3 Å². The number of amides is 3. The third-order valence-electron chi connectivity index (χ3n) is 5.23. The molecule has 1 fully saturated rings. The highest BCUT2D eigenvalue weighted by atomic mass is 16.4. The number of hydrogen-bond acceptors (Lipinski definition) is 8. The molecule has 0 unspecified atom stereocenters. The molecule has 33 heavy (non-hydrogen) atoms. The minimum Gasteiger partial charge on any atom is -0.481 e. The number of nitrogens with zero attached hydrogens (tertiary/aromatic N) is 2. The van der Waals surface area contributed by atoms with Gasteiger partial charge in [0.2, 0.25) is 17.7 Å². The number of rotatable bonds is 12. The molecule has 2 heterocycles. The van der Waals surface area contributed by atoms with Gasteiger partial charge in [-0.2, -0.15) is 0 Å². The molecular weight excluding hydrogens is 440 g/mol. The molecule has 3 amide bonds. The number of aliphatic hydroxyl groups is 1. The van der Waals surface area contributed by atoms with Crippen LogP contribution in [0.25, 0.3) is 0 Å². The second-order valence-corrected chi connectivity index (χ2v) is 7.65. The van der Waals surface area contributed by atoms with E-state index in [1.165, 1.54) is 17.4 Å². The number of aliphatic carboxylic acids is 2. The highest BCUT2D eigenvalue weighted by molar-refractivity contribution is 5.94. The maximum absolute atomic E-state index is 12.7. The van der Waals surface area contributed by atoms with Crippen molar-refractivity contribution in [1.29, 1.82) is 0 Å². The van der Waals surface area contributed by atoms with E-state index in [1.54, 1.807) is 0 Å². The zero-order chi connectivity index (χ0) is 24.5. The molecule has 8 N–H and O–H groups in total. The Labute approximate surface area is 188 Å². The van der Waals surface area contributed by atoms with Gasteiger partial charge in [-0.15, -0.1) is 0 Å². The van der Waals surface area contributed by atoms with Gasteiger partial charge in [-0.05, 0) is 19.3 Å². The number of carboxylic acids is 2. The number of likely N-dealkylation sites (tertiary alicyclic amines) is 1. The van der Waals surface area contributed by atoms with Gasteiger partial charge < -0.3 is 41.6 Å². The van der Waals surface area contributed by atoms with E-state index >= 15 is 0 Å². The SMILES string of the molecule is N[C@@H](CCC(=O)O)C(=O)N1CCC[C@H]1C(=O)N[C@@H](CO)C(=O)N[C@@H](Cc1cnc[nH]1)C(=O)O. The molecule has 0 aliphatic carbocycles. The van der Waals surface area contributed by atoms with Gasteiger partial charge in [-0.3, -0.25) is 19.2 Å². The summed E-state index contributed by atoms with van der Waals surface area (Å²) in [6, 6.07) is -4.82. The second kappa shape index (κ2) is 11.9. The average molecular weight is 468 g/mol. The standard InChI is InChI=1S/C19H28N6O8/c20-11(3-4-15(27)28)18(31)25-5-1-2-14(25)17(30)24-13(8-26)16(29)23-12(19(32)33)6-10-7-21-9-22-10/h7,9,11-14,26H,1-6,8,20H2,(H,21,22)(H,23,29)(H,24,30)(H,27,28)(H,32,33)/t11-,12-,13-,14-/m0/s1. The number of nitrogens with two attached hydrogens (primary N) is 1. The van der Waals surface area contributed by atoms with Crippen LogP contribution in [0.2, 0.25) is 0 Å². The van der Waals surface area contributed by atoms with E-state index in [4.69, 9.17) is 10.8 Å². The summed E-state index contributed by atoms with van der Waals surface area (Å²) in [7, 11) is 0. The molecule has 0 aromatic carbocycles. The van der Waals surface area contributed by atoms with Gasteiger partial charge in [-0.1, -0.05) is 0 Å². The zero-order valence-electron chi connectivity index (χ0n) is 17.8. The van der Waals surface area contributed by atoms with Crippen molar-refractivity contribution in [2.45, 2.75) is 56.3 Å². The number of hydrogen-bond donors (Lipinski definition) is 7. The molecule has 1 saturated heterocycles. The van der Waals surface area contributed by atoms with E-state index in [1.807, 2.05) is 0 Å².